The van der Waals surface area contributed by atoms with E-state index >= 15 is 0 Å². The molecule has 2 rings (SSSR count). The van der Waals surface area contributed by atoms with Crippen molar-refractivity contribution in [3.05, 3.63) is 24.0 Å². The van der Waals surface area contributed by atoms with Gasteiger partial charge in [0.15, 0.2) is 0 Å². The minimum atomic E-state index is -0.242. The first-order valence-corrected chi connectivity index (χ1v) is 7.93. The summed E-state index contributed by atoms with van der Waals surface area (Å²) in [5, 5.41) is 0. The van der Waals surface area contributed by atoms with Crippen LogP contribution in [0.2, 0.25) is 0 Å². The summed E-state index contributed by atoms with van der Waals surface area (Å²) in [4.78, 5) is 4.28. The number of hydrogen-bond acceptors (Lipinski definition) is 5. The number of hydrogen-bond donors (Lipinski definition) is 2. The zero-order valence-electron chi connectivity index (χ0n) is 13.1. The van der Waals surface area contributed by atoms with Crippen molar-refractivity contribution in [2.45, 2.75) is 57.6 Å². The molecular formula is C16H27N3O2. The van der Waals surface area contributed by atoms with Crippen molar-refractivity contribution < 1.29 is 9.47 Å². The number of aromatic nitrogens is 1. The Hall–Kier alpha value is -1.17. The van der Waals surface area contributed by atoms with Gasteiger partial charge in [0.25, 0.3) is 0 Å². The van der Waals surface area contributed by atoms with E-state index in [0.717, 1.165) is 24.2 Å². The van der Waals surface area contributed by atoms with E-state index in [1.165, 1.54) is 19.3 Å². The van der Waals surface area contributed by atoms with Gasteiger partial charge in [-0.1, -0.05) is 19.3 Å². The van der Waals surface area contributed by atoms with Crippen LogP contribution < -0.4 is 16.0 Å². The Kier molecular flexibility index (Phi) is 5.96. The van der Waals surface area contributed by atoms with Gasteiger partial charge < -0.3 is 9.47 Å². The van der Waals surface area contributed by atoms with Crippen LogP contribution in [0.4, 0.5) is 0 Å². The Morgan fingerprint density at radius 2 is 2.00 bits per heavy atom. The van der Waals surface area contributed by atoms with Crippen LogP contribution in [-0.2, 0) is 4.74 Å². The van der Waals surface area contributed by atoms with Gasteiger partial charge in [-0.05, 0) is 38.3 Å². The summed E-state index contributed by atoms with van der Waals surface area (Å²) in [5.41, 5.74) is 3.75. The van der Waals surface area contributed by atoms with Crippen LogP contribution in [0.1, 0.15) is 57.6 Å². The third-order valence-electron chi connectivity index (χ3n) is 4.20. The molecule has 0 saturated heterocycles. The molecule has 21 heavy (non-hydrogen) atoms. The van der Waals surface area contributed by atoms with Crippen molar-refractivity contribution in [1.82, 2.24) is 10.4 Å². The van der Waals surface area contributed by atoms with E-state index in [0.29, 0.717) is 13.2 Å². The highest BCUT2D eigenvalue weighted by Gasteiger charge is 2.41. The smallest absolute Gasteiger partial charge is 0.137 e. The summed E-state index contributed by atoms with van der Waals surface area (Å²) >= 11 is 0. The summed E-state index contributed by atoms with van der Waals surface area (Å²) in [6, 6.07) is 1.95. The highest BCUT2D eigenvalue weighted by molar-refractivity contribution is 5.28. The second-order valence-electron chi connectivity index (χ2n) is 5.55. The van der Waals surface area contributed by atoms with E-state index in [-0.39, 0.29) is 11.6 Å². The molecule has 3 N–H and O–H groups in total. The SMILES string of the molecule is CCOc1cncc(C(NN)C2(OCC)CCCCC2)c1. The molecule has 0 bridgehead atoms. The van der Waals surface area contributed by atoms with Crippen LogP contribution in [0.5, 0.6) is 5.75 Å². The summed E-state index contributed by atoms with van der Waals surface area (Å²) in [7, 11) is 0. The third-order valence-corrected chi connectivity index (χ3v) is 4.20. The van der Waals surface area contributed by atoms with Gasteiger partial charge >= 0.3 is 0 Å². The van der Waals surface area contributed by atoms with Crippen LogP contribution in [0.25, 0.3) is 0 Å². The molecule has 5 nitrogen and oxygen atoms in total. The highest BCUT2D eigenvalue weighted by Crippen LogP contribution is 2.41. The molecule has 0 aliphatic heterocycles. The third kappa shape index (κ3) is 3.73. The quantitative estimate of drug-likeness (QED) is 0.597. The molecule has 1 aliphatic rings. The molecule has 1 fully saturated rings. The fourth-order valence-electron chi connectivity index (χ4n) is 3.34. The number of nitrogens with one attached hydrogen (secondary N) is 1. The minimum Gasteiger partial charge on any atom is -0.492 e. The van der Waals surface area contributed by atoms with E-state index in [4.69, 9.17) is 15.3 Å². The molecule has 1 aromatic heterocycles. The molecular weight excluding hydrogens is 266 g/mol. The number of nitrogens with two attached hydrogens (primary N) is 1. The molecule has 1 unspecified atom stereocenters. The standard InChI is InChI=1S/C16H27N3O2/c1-3-20-14-10-13(11-18-12-14)15(19-17)16(21-4-2)8-6-5-7-9-16/h10-12,15,19H,3-9,17H2,1-2H3. The van der Waals surface area contributed by atoms with E-state index in [1.807, 2.05) is 26.1 Å². The summed E-state index contributed by atoms with van der Waals surface area (Å²) in [6.07, 6.45) is 9.25. The van der Waals surface area contributed by atoms with Crippen molar-refractivity contribution in [2.75, 3.05) is 13.2 Å². The molecule has 1 aromatic rings. The van der Waals surface area contributed by atoms with E-state index in [2.05, 4.69) is 10.4 Å². The molecule has 0 amide bonds. The fourth-order valence-corrected chi connectivity index (χ4v) is 3.34. The first kappa shape index (κ1) is 16.2. The van der Waals surface area contributed by atoms with E-state index < -0.39 is 0 Å². The summed E-state index contributed by atoms with van der Waals surface area (Å²) in [6.45, 7) is 5.33. The largest absolute Gasteiger partial charge is 0.492 e. The number of hydrazine groups is 1. The zero-order valence-corrected chi connectivity index (χ0v) is 13.1. The fraction of sp³-hybridized carbons (Fsp3) is 0.688. The maximum atomic E-state index is 6.17. The topological polar surface area (TPSA) is 69.4 Å². The average Bonchev–Trinajstić information content (AvgIpc) is 2.50. The van der Waals surface area contributed by atoms with Gasteiger partial charge in [-0.25, -0.2) is 0 Å². The molecule has 1 aliphatic carbocycles. The Morgan fingerprint density at radius 1 is 1.24 bits per heavy atom. The Labute approximate surface area is 127 Å². The number of ether oxygens (including phenoxy) is 2. The molecule has 118 valence electrons. The lowest BCUT2D eigenvalue weighted by Gasteiger charge is -2.43. The Bertz CT molecular complexity index is 428. The molecule has 1 heterocycles. The highest BCUT2D eigenvalue weighted by atomic mass is 16.5. The van der Waals surface area contributed by atoms with Crippen molar-refractivity contribution in [2.24, 2.45) is 5.84 Å². The summed E-state index contributed by atoms with van der Waals surface area (Å²) < 4.78 is 11.7. The second-order valence-corrected chi connectivity index (χ2v) is 5.55. The molecule has 1 saturated carbocycles. The van der Waals surface area contributed by atoms with Crippen LogP contribution in [0, 0.1) is 0 Å². The normalized spacial score (nSPS) is 19.2. The van der Waals surface area contributed by atoms with Crippen molar-refractivity contribution in [3.8, 4) is 5.75 Å². The first-order valence-electron chi connectivity index (χ1n) is 7.93. The Morgan fingerprint density at radius 3 is 2.62 bits per heavy atom. The molecule has 0 aromatic carbocycles. The first-order chi connectivity index (χ1) is 10.3. The predicted molar refractivity (Wildman–Crippen MR) is 82.9 cm³/mol. The van der Waals surface area contributed by atoms with Crippen molar-refractivity contribution in [3.63, 3.8) is 0 Å². The van der Waals surface area contributed by atoms with Gasteiger partial charge in [0.2, 0.25) is 0 Å². The lowest BCUT2D eigenvalue weighted by Crippen LogP contribution is -2.49. The van der Waals surface area contributed by atoms with E-state index in [9.17, 15) is 0 Å². The number of pyridine rings is 1. The second kappa shape index (κ2) is 7.73. The predicted octanol–water partition coefficient (Wildman–Crippen LogP) is 2.72. The van der Waals surface area contributed by atoms with Crippen LogP contribution in [0.15, 0.2) is 18.5 Å². The monoisotopic (exact) mass is 293 g/mol. The van der Waals surface area contributed by atoms with Gasteiger partial charge in [0.05, 0.1) is 24.4 Å². The molecule has 1 atom stereocenters. The lowest BCUT2D eigenvalue weighted by molar-refractivity contribution is -0.0914. The van der Waals surface area contributed by atoms with Gasteiger partial charge in [-0.2, -0.15) is 0 Å². The van der Waals surface area contributed by atoms with Crippen LogP contribution in [-0.4, -0.2) is 23.8 Å². The molecule has 0 radical (unpaired) electrons. The maximum Gasteiger partial charge on any atom is 0.137 e. The summed E-state index contributed by atoms with van der Waals surface area (Å²) in [5.74, 6) is 6.65. The lowest BCUT2D eigenvalue weighted by atomic mass is 9.77. The van der Waals surface area contributed by atoms with Gasteiger partial charge in [0, 0.05) is 12.8 Å². The van der Waals surface area contributed by atoms with Gasteiger partial charge in [-0.15, -0.1) is 0 Å². The zero-order chi connectivity index (χ0) is 15.1. The minimum absolute atomic E-state index is 0.0642. The van der Waals surface area contributed by atoms with E-state index in [1.54, 1.807) is 6.20 Å². The average molecular weight is 293 g/mol. The van der Waals surface area contributed by atoms with Crippen molar-refractivity contribution >= 4 is 0 Å². The van der Waals surface area contributed by atoms with Gasteiger partial charge in [-0.3, -0.25) is 16.3 Å². The maximum absolute atomic E-state index is 6.17. The Balaban J connectivity index is 2.29. The van der Waals surface area contributed by atoms with Crippen molar-refractivity contribution in [1.29, 1.82) is 0 Å². The van der Waals surface area contributed by atoms with Gasteiger partial charge in [0.1, 0.15) is 5.75 Å². The van der Waals surface area contributed by atoms with Crippen LogP contribution in [0.3, 0.4) is 0 Å². The molecule has 5 heteroatoms. The number of rotatable bonds is 7. The van der Waals surface area contributed by atoms with Crippen LogP contribution >= 0.6 is 0 Å². The molecule has 0 spiro atoms. The number of nitrogens with zero attached hydrogens (tertiary/aromatic N) is 1.